The van der Waals surface area contributed by atoms with Gasteiger partial charge in [0.25, 0.3) is 0 Å². The average Bonchev–Trinajstić information content (AvgIpc) is 3.29. The van der Waals surface area contributed by atoms with E-state index in [1.807, 2.05) is 0 Å². The maximum absolute atomic E-state index is 11.7. The van der Waals surface area contributed by atoms with Crippen molar-refractivity contribution in [3.63, 3.8) is 0 Å². The Labute approximate surface area is 122 Å². The Morgan fingerprint density at radius 1 is 1.35 bits per heavy atom. The normalized spacial score (nSPS) is 24.1. The number of carbonyl (C=O) groups is 1. The second-order valence-corrected chi connectivity index (χ2v) is 6.19. The van der Waals surface area contributed by atoms with Crippen LogP contribution in [0.5, 0.6) is 0 Å². The Hall–Kier alpha value is -0.770. The number of alkyl carbamates (subject to hydrolysis) is 1. The summed E-state index contributed by atoms with van der Waals surface area (Å²) in [6.07, 6.45) is 11.0. The highest BCUT2D eigenvalue weighted by molar-refractivity contribution is 5.67. The van der Waals surface area contributed by atoms with E-state index in [4.69, 9.17) is 9.47 Å². The van der Waals surface area contributed by atoms with Gasteiger partial charge in [0.1, 0.15) is 6.10 Å². The molecule has 0 radical (unpaired) electrons. The summed E-state index contributed by atoms with van der Waals surface area (Å²) in [6, 6.07) is 0.144. The standard InChI is InChI=1S/C16H29NO3/c1-2-3-11-19-16(18)17-14(15-12-20-15)10-9-13-7-5-4-6-8-13/h13-15H,2-12H2,1H3,(H,17,18). The number of unbranched alkanes of at least 4 members (excludes halogenated alkanes) is 1. The molecule has 0 aromatic rings. The van der Waals surface area contributed by atoms with Gasteiger partial charge in [-0.15, -0.1) is 0 Å². The first kappa shape index (κ1) is 15.6. The molecule has 1 saturated carbocycles. The molecule has 20 heavy (non-hydrogen) atoms. The molecular formula is C16H29NO3. The van der Waals surface area contributed by atoms with E-state index in [1.54, 1.807) is 0 Å². The van der Waals surface area contributed by atoms with Crippen molar-refractivity contribution in [3.05, 3.63) is 0 Å². The Balaban J connectivity index is 1.65. The molecule has 2 aliphatic rings. The Morgan fingerprint density at radius 2 is 2.10 bits per heavy atom. The van der Waals surface area contributed by atoms with Crippen LogP contribution >= 0.6 is 0 Å². The van der Waals surface area contributed by atoms with Crippen LogP contribution in [0.3, 0.4) is 0 Å². The number of ether oxygens (including phenoxy) is 2. The smallest absolute Gasteiger partial charge is 0.407 e. The summed E-state index contributed by atoms with van der Waals surface area (Å²) in [5.74, 6) is 0.850. The highest BCUT2D eigenvalue weighted by Gasteiger charge is 2.34. The topological polar surface area (TPSA) is 50.9 Å². The van der Waals surface area contributed by atoms with E-state index in [1.165, 1.54) is 38.5 Å². The minimum Gasteiger partial charge on any atom is -0.450 e. The van der Waals surface area contributed by atoms with Crippen LogP contribution in [0.1, 0.15) is 64.7 Å². The maximum atomic E-state index is 11.7. The molecule has 1 aliphatic heterocycles. The van der Waals surface area contributed by atoms with Gasteiger partial charge < -0.3 is 14.8 Å². The first-order valence-electron chi connectivity index (χ1n) is 8.34. The molecule has 1 saturated heterocycles. The maximum Gasteiger partial charge on any atom is 0.407 e. The lowest BCUT2D eigenvalue weighted by molar-refractivity contribution is 0.136. The minimum atomic E-state index is -0.275. The predicted octanol–water partition coefficient (Wildman–Crippen LogP) is 3.64. The summed E-state index contributed by atoms with van der Waals surface area (Å²) in [7, 11) is 0. The van der Waals surface area contributed by atoms with E-state index < -0.39 is 0 Å². The van der Waals surface area contributed by atoms with Crippen LogP contribution in [0.4, 0.5) is 4.79 Å². The van der Waals surface area contributed by atoms with Gasteiger partial charge in [-0.2, -0.15) is 0 Å². The second kappa shape index (κ2) is 8.50. The highest BCUT2D eigenvalue weighted by Crippen LogP contribution is 2.29. The van der Waals surface area contributed by atoms with E-state index >= 15 is 0 Å². The van der Waals surface area contributed by atoms with Crippen LogP contribution in [0.25, 0.3) is 0 Å². The molecule has 2 fully saturated rings. The molecule has 0 spiro atoms. The van der Waals surface area contributed by atoms with Crippen LogP contribution in [-0.4, -0.2) is 31.5 Å². The summed E-state index contributed by atoms with van der Waals surface area (Å²) in [4.78, 5) is 11.7. The minimum absolute atomic E-state index is 0.144. The first-order valence-corrected chi connectivity index (χ1v) is 8.34. The number of amides is 1. The predicted molar refractivity (Wildman–Crippen MR) is 78.7 cm³/mol. The molecular weight excluding hydrogens is 254 g/mol. The fraction of sp³-hybridized carbons (Fsp3) is 0.938. The molecule has 2 rings (SSSR count). The molecule has 1 heterocycles. The molecule has 1 N–H and O–H groups in total. The summed E-state index contributed by atoms with van der Waals surface area (Å²) >= 11 is 0. The van der Waals surface area contributed by atoms with Gasteiger partial charge in [0.15, 0.2) is 0 Å². The fourth-order valence-corrected chi connectivity index (χ4v) is 3.03. The largest absolute Gasteiger partial charge is 0.450 e. The van der Waals surface area contributed by atoms with Gasteiger partial charge in [-0.3, -0.25) is 0 Å². The van der Waals surface area contributed by atoms with Crippen molar-refractivity contribution in [1.29, 1.82) is 0 Å². The van der Waals surface area contributed by atoms with E-state index in [2.05, 4.69) is 12.2 Å². The highest BCUT2D eigenvalue weighted by atomic mass is 16.6. The molecule has 1 amide bonds. The first-order chi connectivity index (χ1) is 9.79. The van der Waals surface area contributed by atoms with Crippen molar-refractivity contribution in [2.45, 2.75) is 76.9 Å². The molecule has 0 aromatic heterocycles. The summed E-state index contributed by atoms with van der Waals surface area (Å²) in [5, 5.41) is 2.99. The van der Waals surface area contributed by atoms with E-state index in [0.29, 0.717) is 6.61 Å². The van der Waals surface area contributed by atoms with Gasteiger partial charge in [0.2, 0.25) is 0 Å². The van der Waals surface area contributed by atoms with E-state index in [-0.39, 0.29) is 18.2 Å². The lowest BCUT2D eigenvalue weighted by atomic mass is 9.85. The number of carbonyl (C=O) groups excluding carboxylic acids is 1. The second-order valence-electron chi connectivity index (χ2n) is 6.19. The van der Waals surface area contributed by atoms with Crippen LogP contribution in [-0.2, 0) is 9.47 Å². The zero-order chi connectivity index (χ0) is 14.2. The fourth-order valence-electron chi connectivity index (χ4n) is 3.03. The Morgan fingerprint density at radius 3 is 2.75 bits per heavy atom. The number of hydrogen-bond acceptors (Lipinski definition) is 3. The van der Waals surface area contributed by atoms with Gasteiger partial charge in [-0.1, -0.05) is 45.4 Å². The van der Waals surface area contributed by atoms with Gasteiger partial charge in [0, 0.05) is 0 Å². The summed E-state index contributed by atoms with van der Waals surface area (Å²) in [5.41, 5.74) is 0. The van der Waals surface area contributed by atoms with Gasteiger partial charge >= 0.3 is 6.09 Å². The zero-order valence-electron chi connectivity index (χ0n) is 12.7. The number of epoxide rings is 1. The van der Waals surface area contributed by atoms with E-state index in [0.717, 1.165) is 31.8 Å². The number of nitrogens with one attached hydrogen (secondary N) is 1. The third-order valence-corrected chi connectivity index (χ3v) is 4.45. The lowest BCUT2D eigenvalue weighted by Gasteiger charge is -2.24. The van der Waals surface area contributed by atoms with Crippen LogP contribution in [0.15, 0.2) is 0 Å². The quantitative estimate of drug-likeness (QED) is 0.546. The molecule has 4 heteroatoms. The number of rotatable bonds is 8. The van der Waals surface area contributed by atoms with Crippen molar-refractivity contribution in [2.75, 3.05) is 13.2 Å². The molecule has 0 aromatic carbocycles. The average molecular weight is 283 g/mol. The SMILES string of the molecule is CCCCOC(=O)NC(CCC1CCCCC1)C1CO1. The lowest BCUT2D eigenvalue weighted by Crippen LogP contribution is -2.39. The molecule has 116 valence electrons. The number of hydrogen-bond donors (Lipinski definition) is 1. The van der Waals surface area contributed by atoms with Crippen LogP contribution in [0.2, 0.25) is 0 Å². The van der Waals surface area contributed by atoms with Crippen molar-refractivity contribution in [1.82, 2.24) is 5.32 Å². The third-order valence-electron chi connectivity index (χ3n) is 4.45. The molecule has 0 bridgehead atoms. The Kier molecular flexibility index (Phi) is 6.64. The summed E-state index contributed by atoms with van der Waals surface area (Å²) in [6.45, 7) is 3.39. The summed E-state index contributed by atoms with van der Waals surface area (Å²) < 4.78 is 10.5. The van der Waals surface area contributed by atoms with Gasteiger partial charge in [-0.05, 0) is 25.2 Å². The zero-order valence-corrected chi connectivity index (χ0v) is 12.7. The third kappa shape index (κ3) is 5.70. The van der Waals surface area contributed by atoms with Crippen molar-refractivity contribution < 1.29 is 14.3 Å². The van der Waals surface area contributed by atoms with Gasteiger partial charge in [-0.25, -0.2) is 4.79 Å². The van der Waals surface area contributed by atoms with Crippen molar-refractivity contribution >= 4 is 6.09 Å². The van der Waals surface area contributed by atoms with E-state index in [9.17, 15) is 4.79 Å². The Bertz CT molecular complexity index is 285. The van der Waals surface area contributed by atoms with Crippen LogP contribution < -0.4 is 5.32 Å². The molecule has 2 atom stereocenters. The molecule has 4 nitrogen and oxygen atoms in total. The van der Waals surface area contributed by atoms with Crippen molar-refractivity contribution in [3.8, 4) is 0 Å². The van der Waals surface area contributed by atoms with Gasteiger partial charge in [0.05, 0.1) is 19.3 Å². The molecule has 2 unspecified atom stereocenters. The molecule has 1 aliphatic carbocycles. The van der Waals surface area contributed by atoms with Crippen LogP contribution in [0, 0.1) is 5.92 Å². The monoisotopic (exact) mass is 283 g/mol. The van der Waals surface area contributed by atoms with Crippen molar-refractivity contribution in [2.24, 2.45) is 5.92 Å².